The van der Waals surface area contributed by atoms with Crippen molar-refractivity contribution in [2.45, 2.75) is 32.4 Å². The van der Waals surface area contributed by atoms with E-state index >= 15 is 0 Å². The van der Waals surface area contributed by atoms with Crippen molar-refractivity contribution in [2.75, 3.05) is 22.9 Å². The van der Waals surface area contributed by atoms with E-state index in [1.54, 1.807) is 23.2 Å². The van der Waals surface area contributed by atoms with Gasteiger partial charge in [-0.15, -0.1) is 0 Å². The smallest absolute Gasteiger partial charge is 0.267 e. The van der Waals surface area contributed by atoms with E-state index in [0.717, 1.165) is 68.8 Å². The Morgan fingerprint density at radius 3 is 2.65 bits per heavy atom. The lowest BCUT2D eigenvalue weighted by molar-refractivity contribution is 0.0987. The van der Waals surface area contributed by atoms with Gasteiger partial charge < -0.3 is 20.6 Å². The van der Waals surface area contributed by atoms with E-state index in [-0.39, 0.29) is 17.7 Å². The minimum Gasteiger partial charge on any atom is -0.391 e. The van der Waals surface area contributed by atoms with Gasteiger partial charge in [0, 0.05) is 53.2 Å². The van der Waals surface area contributed by atoms with Crippen molar-refractivity contribution < 1.29 is 14.7 Å². The lowest BCUT2D eigenvalue weighted by Crippen LogP contribution is -2.24. The molecule has 7 nitrogen and oxygen atoms in total. The van der Waals surface area contributed by atoms with Crippen LogP contribution in [0.1, 0.15) is 49.5 Å². The van der Waals surface area contributed by atoms with Crippen LogP contribution in [0.15, 0.2) is 60.8 Å². The molecule has 0 radical (unpaired) electrons. The first-order valence-electron chi connectivity index (χ1n) is 13.4. The van der Waals surface area contributed by atoms with E-state index in [2.05, 4.69) is 28.1 Å². The first kappa shape index (κ1) is 24.8. The molecule has 8 heteroatoms. The summed E-state index contributed by atoms with van der Waals surface area (Å²) in [6.07, 6.45) is 2.72. The van der Waals surface area contributed by atoms with Crippen molar-refractivity contribution in [1.29, 1.82) is 0 Å². The van der Waals surface area contributed by atoms with Gasteiger partial charge in [-0.2, -0.15) is 0 Å². The van der Waals surface area contributed by atoms with Crippen molar-refractivity contribution in [3.8, 4) is 22.3 Å². The number of amides is 2. The molecule has 1 atom stereocenters. The summed E-state index contributed by atoms with van der Waals surface area (Å²) in [7, 11) is 0. The summed E-state index contributed by atoms with van der Waals surface area (Å²) in [6.45, 7) is 3.89. The monoisotopic (exact) mass is 550 g/mol. The summed E-state index contributed by atoms with van der Waals surface area (Å²) in [5.41, 5.74) is 16.2. The summed E-state index contributed by atoms with van der Waals surface area (Å²) >= 11 is 6.20. The number of carbonyl (C=O) groups is 2. The van der Waals surface area contributed by atoms with Crippen molar-refractivity contribution in [1.82, 2.24) is 4.98 Å². The van der Waals surface area contributed by atoms with Crippen LogP contribution < -0.4 is 15.5 Å². The SMILES string of the molecule is Cc1c(-c2cnc(C(N)=O)c3c2-c2ccc(N4CCC(O)C4)cc2C3)cccc1N1Cc2cc(Cl)ccc2C1=O. The third-order valence-corrected chi connectivity index (χ3v) is 8.66. The topological polar surface area (TPSA) is 99.8 Å². The predicted octanol–water partition coefficient (Wildman–Crippen LogP) is 5.11. The number of fused-ring (bicyclic) bond motifs is 4. The van der Waals surface area contributed by atoms with Crippen LogP contribution >= 0.6 is 11.6 Å². The number of halogens is 1. The lowest BCUT2D eigenvalue weighted by atomic mass is 9.91. The normalized spacial score (nSPS) is 17.3. The van der Waals surface area contributed by atoms with Gasteiger partial charge in [0.15, 0.2) is 0 Å². The van der Waals surface area contributed by atoms with Gasteiger partial charge in [0.05, 0.1) is 12.6 Å². The molecule has 1 aliphatic carbocycles. The van der Waals surface area contributed by atoms with Gasteiger partial charge in [0.25, 0.3) is 11.8 Å². The van der Waals surface area contributed by atoms with Crippen LogP contribution in [-0.2, 0) is 13.0 Å². The molecule has 3 aromatic carbocycles. The average Bonchev–Trinajstić information content (AvgIpc) is 3.63. The number of anilines is 2. The van der Waals surface area contributed by atoms with Gasteiger partial charge in [-0.1, -0.05) is 29.8 Å². The Morgan fingerprint density at radius 2 is 1.88 bits per heavy atom. The Labute approximate surface area is 236 Å². The third-order valence-electron chi connectivity index (χ3n) is 8.42. The number of nitrogens with two attached hydrogens (primary N) is 1. The number of pyridine rings is 1. The fourth-order valence-electron chi connectivity index (χ4n) is 6.47. The minimum absolute atomic E-state index is 0.0516. The molecular formula is C32H27ClN4O3. The van der Waals surface area contributed by atoms with Crippen LogP contribution in [-0.4, -0.2) is 41.1 Å². The maximum absolute atomic E-state index is 13.3. The molecule has 2 amide bonds. The van der Waals surface area contributed by atoms with E-state index in [4.69, 9.17) is 17.3 Å². The largest absolute Gasteiger partial charge is 0.391 e. The highest BCUT2D eigenvalue weighted by Crippen LogP contribution is 2.47. The molecule has 2 aliphatic heterocycles. The Kier molecular flexibility index (Phi) is 5.70. The van der Waals surface area contributed by atoms with Gasteiger partial charge in [-0.25, -0.2) is 0 Å². The van der Waals surface area contributed by atoms with Gasteiger partial charge >= 0.3 is 0 Å². The number of β-amino-alcohol motifs (C(OH)–C–C–N with tert-alkyl or cyclic N) is 1. The number of aromatic nitrogens is 1. The van der Waals surface area contributed by atoms with E-state index in [0.29, 0.717) is 30.1 Å². The van der Waals surface area contributed by atoms with Crippen LogP contribution in [0, 0.1) is 6.92 Å². The van der Waals surface area contributed by atoms with E-state index in [9.17, 15) is 14.7 Å². The maximum Gasteiger partial charge on any atom is 0.267 e. The summed E-state index contributed by atoms with van der Waals surface area (Å²) in [6, 6.07) is 17.6. The molecule has 3 N–H and O–H groups in total. The Morgan fingerprint density at radius 1 is 1.05 bits per heavy atom. The second kappa shape index (κ2) is 9.18. The van der Waals surface area contributed by atoms with E-state index in [1.165, 1.54) is 0 Å². The zero-order valence-electron chi connectivity index (χ0n) is 21.9. The van der Waals surface area contributed by atoms with E-state index in [1.807, 2.05) is 31.2 Å². The number of benzene rings is 3. The molecule has 0 spiro atoms. The highest BCUT2D eigenvalue weighted by atomic mass is 35.5. The molecule has 1 unspecified atom stereocenters. The van der Waals surface area contributed by atoms with Crippen molar-refractivity contribution in [3.63, 3.8) is 0 Å². The summed E-state index contributed by atoms with van der Waals surface area (Å²) in [5.74, 6) is -0.604. The number of nitrogens with zero attached hydrogens (tertiary/aromatic N) is 3. The molecule has 1 aromatic heterocycles. The van der Waals surface area contributed by atoms with Crippen LogP contribution in [0.4, 0.5) is 11.4 Å². The Hall–Kier alpha value is -4.20. The molecule has 0 saturated carbocycles. The quantitative estimate of drug-likeness (QED) is 0.324. The number of carbonyl (C=O) groups excluding carboxylic acids is 2. The van der Waals surface area contributed by atoms with Crippen molar-refractivity contribution >= 4 is 34.8 Å². The first-order valence-corrected chi connectivity index (χ1v) is 13.8. The predicted molar refractivity (Wildman–Crippen MR) is 156 cm³/mol. The maximum atomic E-state index is 13.3. The van der Waals surface area contributed by atoms with Gasteiger partial charge in [-0.3, -0.25) is 14.6 Å². The Bertz CT molecular complexity index is 1750. The second-order valence-electron chi connectivity index (χ2n) is 10.8. The third kappa shape index (κ3) is 3.80. The number of aliphatic hydroxyl groups is 1. The Balaban J connectivity index is 1.34. The molecule has 3 aliphatic rings. The molecule has 0 bridgehead atoms. The van der Waals surface area contributed by atoms with Crippen LogP contribution in [0.25, 0.3) is 22.3 Å². The van der Waals surface area contributed by atoms with Crippen molar-refractivity contribution in [2.24, 2.45) is 5.73 Å². The average molecular weight is 551 g/mol. The lowest BCUT2D eigenvalue weighted by Gasteiger charge is -2.22. The molecule has 1 fully saturated rings. The summed E-state index contributed by atoms with van der Waals surface area (Å²) in [4.78, 5) is 34.3. The molecule has 3 heterocycles. The van der Waals surface area contributed by atoms with Crippen molar-refractivity contribution in [3.05, 3.63) is 99.3 Å². The highest BCUT2D eigenvalue weighted by molar-refractivity contribution is 6.31. The fraction of sp³-hybridized carbons (Fsp3) is 0.219. The molecule has 200 valence electrons. The first-order chi connectivity index (χ1) is 19.3. The van der Waals surface area contributed by atoms with Crippen LogP contribution in [0.3, 0.4) is 0 Å². The van der Waals surface area contributed by atoms with Crippen LogP contribution in [0.5, 0.6) is 0 Å². The summed E-state index contributed by atoms with van der Waals surface area (Å²) in [5, 5.41) is 10.6. The second-order valence-corrected chi connectivity index (χ2v) is 11.2. The fourth-order valence-corrected chi connectivity index (χ4v) is 6.67. The molecule has 4 aromatic rings. The zero-order valence-corrected chi connectivity index (χ0v) is 22.7. The van der Waals surface area contributed by atoms with E-state index < -0.39 is 5.91 Å². The minimum atomic E-state index is -0.553. The number of aliphatic hydroxyl groups excluding tert-OH is 1. The number of hydrogen-bond donors (Lipinski definition) is 2. The standard InChI is InChI=1S/C32H27ClN4O3/c1-17-23(3-2-4-28(17)37-15-19-11-20(33)5-7-25(19)32(37)40)27-14-35-30(31(34)39)26-13-18-12-21(6-8-24(18)29(26)27)36-10-9-22(38)16-36/h2-8,11-12,14,22,38H,9-10,13,15-16H2,1H3,(H2,34,39). The highest BCUT2D eigenvalue weighted by Gasteiger charge is 2.32. The number of primary amides is 1. The zero-order chi connectivity index (χ0) is 27.7. The number of hydrogen-bond acceptors (Lipinski definition) is 5. The van der Waals surface area contributed by atoms with Gasteiger partial charge in [-0.05, 0) is 88.7 Å². The van der Waals surface area contributed by atoms with Crippen LogP contribution in [0.2, 0.25) is 5.02 Å². The summed E-state index contributed by atoms with van der Waals surface area (Å²) < 4.78 is 0. The number of rotatable bonds is 4. The molecule has 7 rings (SSSR count). The molecule has 40 heavy (non-hydrogen) atoms. The van der Waals surface area contributed by atoms with Gasteiger partial charge in [0.2, 0.25) is 0 Å². The molecular weight excluding hydrogens is 524 g/mol. The van der Waals surface area contributed by atoms with Gasteiger partial charge in [0.1, 0.15) is 5.69 Å². The molecule has 1 saturated heterocycles.